The van der Waals surface area contributed by atoms with Gasteiger partial charge < -0.3 is 19.1 Å². The summed E-state index contributed by atoms with van der Waals surface area (Å²) in [6.45, 7) is 2.38. The van der Waals surface area contributed by atoms with E-state index in [9.17, 15) is 9.59 Å². The van der Waals surface area contributed by atoms with Gasteiger partial charge in [0.25, 0.3) is 5.91 Å². The summed E-state index contributed by atoms with van der Waals surface area (Å²) in [5.74, 6) is 0.576. The third-order valence-electron chi connectivity index (χ3n) is 4.19. The number of methoxy groups -OCH3 is 1. The van der Waals surface area contributed by atoms with E-state index >= 15 is 0 Å². The molecule has 1 heterocycles. The van der Waals surface area contributed by atoms with Crippen molar-refractivity contribution >= 4 is 11.9 Å². The Morgan fingerprint density at radius 1 is 1.12 bits per heavy atom. The van der Waals surface area contributed by atoms with Gasteiger partial charge in [0.2, 0.25) is 0 Å². The number of hydrogen-bond acceptors (Lipinski definition) is 5. The van der Waals surface area contributed by atoms with Crippen LogP contribution in [0.1, 0.15) is 32.6 Å². The standard InChI is InChI=1S/C18H25NO5/c1-3-14-6-4-5-11-19(14)17(20)12-24-18(21)13-23-16-9-7-15(22-2)8-10-16/h7-10,14H,3-6,11-13H2,1-2H3. The van der Waals surface area contributed by atoms with Gasteiger partial charge in [-0.2, -0.15) is 0 Å². The summed E-state index contributed by atoms with van der Waals surface area (Å²) in [6.07, 6.45) is 4.12. The molecule has 1 aromatic carbocycles. The summed E-state index contributed by atoms with van der Waals surface area (Å²) >= 11 is 0. The Bertz CT molecular complexity index is 543. The number of likely N-dealkylation sites (tertiary alicyclic amines) is 1. The van der Waals surface area contributed by atoms with E-state index in [0.29, 0.717) is 11.5 Å². The molecule has 0 aromatic heterocycles. The molecule has 0 radical (unpaired) electrons. The van der Waals surface area contributed by atoms with Crippen LogP contribution in [0.4, 0.5) is 0 Å². The minimum absolute atomic E-state index is 0.126. The molecule has 1 amide bonds. The predicted octanol–water partition coefficient (Wildman–Crippen LogP) is 2.41. The number of rotatable bonds is 7. The fraction of sp³-hybridized carbons (Fsp3) is 0.556. The molecule has 6 nitrogen and oxygen atoms in total. The van der Waals surface area contributed by atoms with Gasteiger partial charge in [0.15, 0.2) is 13.2 Å². The number of carbonyl (C=O) groups is 2. The van der Waals surface area contributed by atoms with Crippen LogP contribution in [-0.2, 0) is 14.3 Å². The summed E-state index contributed by atoms with van der Waals surface area (Å²) in [5, 5.41) is 0. The molecule has 132 valence electrons. The Morgan fingerprint density at radius 3 is 2.50 bits per heavy atom. The maximum atomic E-state index is 12.2. The summed E-state index contributed by atoms with van der Waals surface area (Å²) < 4.78 is 15.4. The van der Waals surface area contributed by atoms with Gasteiger partial charge >= 0.3 is 5.97 Å². The average Bonchev–Trinajstić information content (AvgIpc) is 2.64. The van der Waals surface area contributed by atoms with Gasteiger partial charge in [0.1, 0.15) is 11.5 Å². The quantitative estimate of drug-likeness (QED) is 0.716. The van der Waals surface area contributed by atoms with Crippen molar-refractivity contribution in [1.82, 2.24) is 4.90 Å². The fourth-order valence-corrected chi connectivity index (χ4v) is 2.83. The van der Waals surface area contributed by atoms with Crippen LogP contribution in [-0.4, -0.2) is 49.7 Å². The third-order valence-corrected chi connectivity index (χ3v) is 4.19. The molecule has 1 aliphatic heterocycles. The molecule has 0 saturated carbocycles. The number of nitrogens with zero attached hydrogens (tertiary/aromatic N) is 1. The Kier molecular flexibility index (Phi) is 6.90. The number of hydrogen-bond donors (Lipinski definition) is 0. The monoisotopic (exact) mass is 335 g/mol. The second-order valence-corrected chi connectivity index (χ2v) is 5.77. The Morgan fingerprint density at radius 2 is 1.83 bits per heavy atom. The predicted molar refractivity (Wildman–Crippen MR) is 89.1 cm³/mol. The molecule has 1 aliphatic rings. The highest BCUT2D eigenvalue weighted by atomic mass is 16.6. The number of benzene rings is 1. The molecule has 6 heteroatoms. The van der Waals surface area contributed by atoms with Crippen molar-refractivity contribution in [2.24, 2.45) is 0 Å². The van der Waals surface area contributed by atoms with Crippen molar-refractivity contribution in [3.63, 3.8) is 0 Å². The lowest BCUT2D eigenvalue weighted by Gasteiger charge is -2.35. The first-order valence-electron chi connectivity index (χ1n) is 8.36. The fourth-order valence-electron chi connectivity index (χ4n) is 2.83. The lowest BCUT2D eigenvalue weighted by atomic mass is 10.00. The summed E-state index contributed by atoms with van der Waals surface area (Å²) in [7, 11) is 1.58. The number of ether oxygens (including phenoxy) is 3. The highest BCUT2D eigenvalue weighted by molar-refractivity contribution is 5.81. The molecule has 0 aliphatic carbocycles. The van der Waals surface area contributed by atoms with Crippen LogP contribution in [0.3, 0.4) is 0 Å². The molecule has 0 spiro atoms. The van der Waals surface area contributed by atoms with E-state index in [1.165, 1.54) is 0 Å². The summed E-state index contributed by atoms with van der Waals surface area (Å²) in [6, 6.07) is 7.16. The van der Waals surface area contributed by atoms with E-state index in [4.69, 9.17) is 14.2 Å². The summed E-state index contributed by atoms with van der Waals surface area (Å²) in [4.78, 5) is 25.8. The zero-order valence-electron chi connectivity index (χ0n) is 14.3. The van der Waals surface area contributed by atoms with Crippen molar-refractivity contribution in [1.29, 1.82) is 0 Å². The molecular weight excluding hydrogens is 310 g/mol. The van der Waals surface area contributed by atoms with Gasteiger partial charge in [-0.05, 0) is 49.9 Å². The van der Waals surface area contributed by atoms with Crippen molar-refractivity contribution in [2.75, 3.05) is 26.9 Å². The number of piperidine rings is 1. The number of carbonyl (C=O) groups excluding carboxylic acids is 2. The number of esters is 1. The normalized spacial score (nSPS) is 17.2. The maximum Gasteiger partial charge on any atom is 0.344 e. The minimum Gasteiger partial charge on any atom is -0.497 e. The van der Waals surface area contributed by atoms with Crippen LogP contribution < -0.4 is 9.47 Å². The topological polar surface area (TPSA) is 65.1 Å². The van der Waals surface area contributed by atoms with E-state index in [2.05, 4.69) is 6.92 Å². The van der Waals surface area contributed by atoms with Crippen LogP contribution >= 0.6 is 0 Å². The van der Waals surface area contributed by atoms with Gasteiger partial charge in [-0.1, -0.05) is 6.92 Å². The first-order valence-corrected chi connectivity index (χ1v) is 8.36. The largest absolute Gasteiger partial charge is 0.497 e. The van der Waals surface area contributed by atoms with Crippen molar-refractivity contribution in [2.45, 2.75) is 38.6 Å². The van der Waals surface area contributed by atoms with Crippen molar-refractivity contribution in [3.8, 4) is 11.5 Å². The second-order valence-electron chi connectivity index (χ2n) is 5.77. The molecule has 0 N–H and O–H groups in total. The Hall–Kier alpha value is -2.24. The highest BCUT2D eigenvalue weighted by Crippen LogP contribution is 2.19. The van der Waals surface area contributed by atoms with E-state index in [1.54, 1.807) is 31.4 Å². The van der Waals surface area contributed by atoms with E-state index in [0.717, 1.165) is 32.2 Å². The number of amides is 1. The third kappa shape index (κ3) is 5.15. The molecule has 1 unspecified atom stereocenters. The lowest BCUT2D eigenvalue weighted by Crippen LogP contribution is -2.45. The average molecular weight is 335 g/mol. The Labute approximate surface area is 142 Å². The SMILES string of the molecule is CCC1CCCCN1C(=O)COC(=O)COc1ccc(OC)cc1. The first-order chi connectivity index (χ1) is 11.6. The summed E-state index contributed by atoms with van der Waals surface area (Å²) in [5.41, 5.74) is 0. The minimum atomic E-state index is -0.552. The molecule has 2 rings (SSSR count). The molecule has 1 fully saturated rings. The lowest BCUT2D eigenvalue weighted by molar-refractivity contribution is -0.155. The molecule has 24 heavy (non-hydrogen) atoms. The molecular formula is C18H25NO5. The van der Waals surface area contributed by atoms with Crippen LogP contribution in [0, 0.1) is 0 Å². The second kappa shape index (κ2) is 9.15. The zero-order chi connectivity index (χ0) is 17.4. The molecule has 1 atom stereocenters. The van der Waals surface area contributed by atoms with Gasteiger partial charge in [-0.25, -0.2) is 4.79 Å². The van der Waals surface area contributed by atoms with Crippen LogP contribution in [0.2, 0.25) is 0 Å². The van der Waals surface area contributed by atoms with Crippen LogP contribution in [0.15, 0.2) is 24.3 Å². The molecule has 1 saturated heterocycles. The first kappa shape index (κ1) is 18.1. The van der Waals surface area contributed by atoms with Gasteiger partial charge in [0, 0.05) is 12.6 Å². The van der Waals surface area contributed by atoms with Gasteiger partial charge in [-0.3, -0.25) is 4.79 Å². The van der Waals surface area contributed by atoms with Gasteiger partial charge in [0.05, 0.1) is 7.11 Å². The van der Waals surface area contributed by atoms with E-state index in [1.807, 2.05) is 4.90 Å². The molecule has 1 aromatic rings. The smallest absolute Gasteiger partial charge is 0.344 e. The Balaban J connectivity index is 1.72. The van der Waals surface area contributed by atoms with Crippen molar-refractivity contribution < 1.29 is 23.8 Å². The zero-order valence-corrected chi connectivity index (χ0v) is 14.3. The van der Waals surface area contributed by atoms with Gasteiger partial charge in [-0.15, -0.1) is 0 Å². The maximum absolute atomic E-state index is 12.2. The van der Waals surface area contributed by atoms with E-state index in [-0.39, 0.29) is 25.2 Å². The van der Waals surface area contributed by atoms with E-state index < -0.39 is 5.97 Å². The highest BCUT2D eigenvalue weighted by Gasteiger charge is 2.25. The van der Waals surface area contributed by atoms with Crippen LogP contribution in [0.25, 0.3) is 0 Å². The van der Waals surface area contributed by atoms with Crippen LogP contribution in [0.5, 0.6) is 11.5 Å². The van der Waals surface area contributed by atoms with Crippen molar-refractivity contribution in [3.05, 3.63) is 24.3 Å². The molecule has 0 bridgehead atoms.